The summed E-state index contributed by atoms with van der Waals surface area (Å²) in [7, 11) is -4.26. The fourth-order valence-electron chi connectivity index (χ4n) is 2.15. The van der Waals surface area contributed by atoms with Crippen LogP contribution < -0.4 is 4.74 Å². The van der Waals surface area contributed by atoms with E-state index in [2.05, 4.69) is 20.8 Å². The summed E-state index contributed by atoms with van der Waals surface area (Å²) in [6.45, 7) is 8.07. The molecule has 0 saturated carbocycles. The smallest absolute Gasteiger partial charge is 0.329 e. The molecule has 0 amide bonds. The van der Waals surface area contributed by atoms with Gasteiger partial charge in [-0.2, -0.15) is 8.42 Å². The third-order valence-electron chi connectivity index (χ3n) is 3.00. The van der Waals surface area contributed by atoms with Crippen molar-refractivity contribution < 1.29 is 22.5 Å². The molecule has 124 valence electrons. The Morgan fingerprint density at radius 1 is 1.27 bits per heavy atom. The molecule has 0 aliphatic heterocycles. The molecule has 0 aliphatic rings. The van der Waals surface area contributed by atoms with Crippen molar-refractivity contribution in [1.29, 1.82) is 0 Å². The van der Waals surface area contributed by atoms with Gasteiger partial charge in [0.15, 0.2) is 0 Å². The highest BCUT2D eigenvalue weighted by molar-refractivity contribution is 7.85. The fourth-order valence-corrected chi connectivity index (χ4v) is 2.77. The van der Waals surface area contributed by atoms with Crippen LogP contribution in [0.5, 0.6) is 5.75 Å². The van der Waals surface area contributed by atoms with Gasteiger partial charge in [0, 0.05) is 0 Å². The molecule has 0 spiro atoms. The van der Waals surface area contributed by atoms with Crippen LogP contribution in [0.3, 0.4) is 0 Å². The van der Waals surface area contributed by atoms with Crippen molar-refractivity contribution in [2.75, 3.05) is 0 Å². The van der Waals surface area contributed by atoms with Gasteiger partial charge >= 0.3 is 5.97 Å². The van der Waals surface area contributed by atoms with Gasteiger partial charge in [-0.3, -0.25) is 9.35 Å². The number of rotatable bonds is 5. The largest absolute Gasteiger partial charge is 0.425 e. The molecular formula is C15H21ClO5S. The number of halogens is 1. The lowest BCUT2D eigenvalue weighted by Gasteiger charge is -2.25. The molecule has 0 aliphatic carbocycles. The Morgan fingerprint density at radius 3 is 2.18 bits per heavy atom. The van der Waals surface area contributed by atoms with Crippen LogP contribution in [0, 0.1) is 11.3 Å². The molecule has 1 aromatic carbocycles. The molecule has 7 heteroatoms. The Balaban J connectivity index is 2.72. The zero-order chi connectivity index (χ0) is 17.1. The van der Waals surface area contributed by atoms with Crippen molar-refractivity contribution in [3.63, 3.8) is 0 Å². The van der Waals surface area contributed by atoms with Crippen molar-refractivity contribution in [3.8, 4) is 5.75 Å². The molecule has 5 nitrogen and oxygen atoms in total. The van der Waals surface area contributed by atoms with E-state index in [9.17, 15) is 13.2 Å². The molecule has 0 radical (unpaired) electrons. The van der Waals surface area contributed by atoms with Crippen molar-refractivity contribution in [2.45, 2.75) is 44.4 Å². The fraction of sp³-hybridized carbons (Fsp3) is 0.533. The maximum absolute atomic E-state index is 12.0. The first kappa shape index (κ1) is 18.9. The third kappa shape index (κ3) is 5.94. The van der Waals surface area contributed by atoms with Crippen LogP contribution in [-0.4, -0.2) is 24.3 Å². The van der Waals surface area contributed by atoms with Gasteiger partial charge in [-0.1, -0.05) is 27.7 Å². The summed E-state index contributed by atoms with van der Waals surface area (Å²) in [6, 6.07) is 4.89. The van der Waals surface area contributed by atoms with E-state index in [0.717, 1.165) is 18.6 Å². The molecule has 0 saturated heterocycles. The Hall–Kier alpha value is -1.11. The van der Waals surface area contributed by atoms with E-state index in [1.807, 2.05) is 6.92 Å². The van der Waals surface area contributed by atoms with Gasteiger partial charge in [0.2, 0.25) is 0 Å². The van der Waals surface area contributed by atoms with Crippen LogP contribution in [0.2, 0.25) is 0 Å². The predicted octanol–water partition coefficient (Wildman–Crippen LogP) is 3.52. The van der Waals surface area contributed by atoms with Crippen molar-refractivity contribution in [3.05, 3.63) is 24.3 Å². The average Bonchev–Trinajstić information content (AvgIpc) is 2.35. The van der Waals surface area contributed by atoms with Gasteiger partial charge in [-0.15, -0.1) is 11.6 Å². The normalized spacial score (nSPS) is 15.2. The number of alkyl halides is 1. The Morgan fingerprint density at radius 2 is 1.77 bits per heavy atom. The molecule has 2 atom stereocenters. The zero-order valence-electron chi connectivity index (χ0n) is 13.0. The number of benzene rings is 1. The minimum atomic E-state index is -4.26. The van der Waals surface area contributed by atoms with Gasteiger partial charge in [0.25, 0.3) is 10.1 Å². The molecular weight excluding hydrogens is 328 g/mol. The lowest BCUT2D eigenvalue weighted by molar-refractivity contribution is -0.135. The molecule has 0 aromatic heterocycles. The molecule has 1 N–H and O–H groups in total. The van der Waals surface area contributed by atoms with E-state index in [1.54, 1.807) is 0 Å². The Bertz CT molecular complexity index is 616. The summed E-state index contributed by atoms with van der Waals surface area (Å²) < 4.78 is 35.9. The lowest BCUT2D eigenvalue weighted by Crippen LogP contribution is -2.29. The molecule has 2 unspecified atom stereocenters. The van der Waals surface area contributed by atoms with Crippen LogP contribution >= 0.6 is 11.6 Å². The van der Waals surface area contributed by atoms with Gasteiger partial charge in [-0.25, -0.2) is 0 Å². The Labute approximate surface area is 136 Å². The minimum Gasteiger partial charge on any atom is -0.425 e. The molecule has 1 rings (SSSR count). The van der Waals surface area contributed by atoms with E-state index in [0.29, 0.717) is 0 Å². The predicted molar refractivity (Wildman–Crippen MR) is 84.8 cm³/mol. The zero-order valence-corrected chi connectivity index (χ0v) is 14.6. The Kier molecular flexibility index (Phi) is 6.01. The standard InChI is InChI=1S/C15H21ClO5S/c1-10(9-15(2,3)4)13(16)14(17)21-11-5-7-12(8-6-11)22(18,19)20/h5-8,10,13H,9H2,1-4H3,(H,18,19,20). The first-order valence-corrected chi connectivity index (χ1v) is 8.71. The number of hydrogen-bond acceptors (Lipinski definition) is 4. The second-order valence-corrected chi connectivity index (χ2v) is 8.40. The number of carbonyl (C=O) groups excluding carboxylic acids is 1. The number of carbonyl (C=O) groups is 1. The summed E-state index contributed by atoms with van der Waals surface area (Å²) in [5, 5.41) is -0.791. The van der Waals surface area contributed by atoms with Crippen molar-refractivity contribution in [1.82, 2.24) is 0 Å². The number of ether oxygens (including phenoxy) is 1. The van der Waals surface area contributed by atoms with E-state index in [1.165, 1.54) is 12.1 Å². The van der Waals surface area contributed by atoms with Gasteiger partial charge < -0.3 is 4.74 Å². The van der Waals surface area contributed by atoms with E-state index >= 15 is 0 Å². The minimum absolute atomic E-state index is 0.0456. The summed E-state index contributed by atoms with van der Waals surface area (Å²) >= 11 is 6.13. The highest BCUT2D eigenvalue weighted by atomic mass is 35.5. The first-order chi connectivity index (χ1) is 9.90. The van der Waals surface area contributed by atoms with Crippen LogP contribution in [0.25, 0.3) is 0 Å². The van der Waals surface area contributed by atoms with Crippen LogP contribution in [0.1, 0.15) is 34.1 Å². The monoisotopic (exact) mass is 348 g/mol. The van der Waals surface area contributed by atoms with Crippen LogP contribution in [0.15, 0.2) is 29.2 Å². The topological polar surface area (TPSA) is 80.7 Å². The van der Waals surface area contributed by atoms with E-state index < -0.39 is 21.5 Å². The summed E-state index contributed by atoms with van der Waals surface area (Å²) in [6.07, 6.45) is 0.762. The van der Waals surface area contributed by atoms with E-state index in [4.69, 9.17) is 20.9 Å². The lowest BCUT2D eigenvalue weighted by atomic mass is 9.84. The van der Waals surface area contributed by atoms with Crippen molar-refractivity contribution >= 4 is 27.7 Å². The second-order valence-electron chi connectivity index (χ2n) is 6.51. The van der Waals surface area contributed by atoms with Crippen molar-refractivity contribution in [2.24, 2.45) is 11.3 Å². The average molecular weight is 349 g/mol. The second kappa shape index (κ2) is 6.98. The molecule has 1 aromatic rings. The highest BCUT2D eigenvalue weighted by Gasteiger charge is 2.28. The number of esters is 1. The summed E-state index contributed by atoms with van der Waals surface area (Å²) in [5.41, 5.74) is 0.0456. The van der Waals surface area contributed by atoms with Crippen LogP contribution in [0.4, 0.5) is 0 Å². The summed E-state index contributed by atoms with van der Waals surface area (Å²) in [5.74, 6) is -0.477. The van der Waals surface area contributed by atoms with Gasteiger partial charge in [0.1, 0.15) is 11.1 Å². The third-order valence-corrected chi connectivity index (χ3v) is 4.48. The summed E-state index contributed by atoms with van der Waals surface area (Å²) in [4.78, 5) is 11.7. The molecule has 22 heavy (non-hydrogen) atoms. The number of hydrogen-bond donors (Lipinski definition) is 1. The van der Waals surface area contributed by atoms with Gasteiger partial charge in [-0.05, 0) is 42.0 Å². The van der Waals surface area contributed by atoms with Gasteiger partial charge in [0.05, 0.1) is 4.90 Å². The molecule has 0 bridgehead atoms. The first-order valence-electron chi connectivity index (χ1n) is 6.83. The SMILES string of the molecule is CC(CC(C)(C)C)C(Cl)C(=O)Oc1ccc(S(=O)(=O)O)cc1. The maximum atomic E-state index is 12.0. The molecule has 0 heterocycles. The highest BCUT2D eigenvalue weighted by Crippen LogP contribution is 2.29. The quantitative estimate of drug-likeness (QED) is 0.381. The molecule has 0 fully saturated rings. The van der Waals surface area contributed by atoms with E-state index in [-0.39, 0.29) is 22.0 Å². The van der Waals surface area contributed by atoms with Crippen LogP contribution in [-0.2, 0) is 14.9 Å². The maximum Gasteiger partial charge on any atom is 0.329 e.